The number of hydrogen-bond donors (Lipinski definition) is 0. The summed E-state index contributed by atoms with van der Waals surface area (Å²) < 4.78 is 0. The summed E-state index contributed by atoms with van der Waals surface area (Å²) in [6.07, 6.45) is 5.48. The molecule has 1 heteroatoms. The molecule has 0 radical (unpaired) electrons. The second-order valence-electron chi connectivity index (χ2n) is 8.35. The van der Waals surface area contributed by atoms with E-state index in [1.165, 1.54) is 12.8 Å². The number of benzene rings is 1. The minimum Gasteiger partial charge on any atom is -0.0857 e. The summed E-state index contributed by atoms with van der Waals surface area (Å²) in [4.78, 5) is 0. The van der Waals surface area contributed by atoms with Gasteiger partial charge in [0.05, 0.1) is 8.07 Å². The number of hydrogen-bond acceptors (Lipinski definition) is 0. The number of allylic oxidation sites excluding steroid dienone is 2. The first kappa shape index (κ1) is 14.1. The van der Waals surface area contributed by atoms with E-state index in [4.69, 9.17) is 0 Å². The highest BCUT2D eigenvalue weighted by atomic mass is 28.3. The van der Waals surface area contributed by atoms with E-state index in [1.54, 1.807) is 5.56 Å². The van der Waals surface area contributed by atoms with Gasteiger partial charge in [0.2, 0.25) is 0 Å². The molecular formula is C19H28Si. The van der Waals surface area contributed by atoms with Crippen LogP contribution in [0.2, 0.25) is 18.1 Å². The maximum Gasteiger partial charge on any atom is 0.0807 e. The van der Waals surface area contributed by atoms with Crippen LogP contribution in [0.15, 0.2) is 41.6 Å². The van der Waals surface area contributed by atoms with E-state index < -0.39 is 8.07 Å². The topological polar surface area (TPSA) is 0 Å². The van der Waals surface area contributed by atoms with Crippen molar-refractivity contribution in [2.75, 3.05) is 0 Å². The normalized spacial score (nSPS) is 29.6. The molecule has 108 valence electrons. The van der Waals surface area contributed by atoms with E-state index >= 15 is 0 Å². The van der Waals surface area contributed by atoms with Crippen LogP contribution in [0.4, 0.5) is 0 Å². The van der Waals surface area contributed by atoms with Gasteiger partial charge in [0, 0.05) is 0 Å². The minimum absolute atomic E-state index is 0.463. The molecular weight excluding hydrogens is 256 g/mol. The Labute approximate surface area is 125 Å². The van der Waals surface area contributed by atoms with Crippen molar-refractivity contribution in [1.82, 2.24) is 0 Å². The van der Waals surface area contributed by atoms with Crippen molar-refractivity contribution in [2.24, 2.45) is 11.8 Å². The van der Waals surface area contributed by atoms with Gasteiger partial charge in [0.15, 0.2) is 0 Å². The van der Waals surface area contributed by atoms with Gasteiger partial charge in [-0.15, -0.1) is 0 Å². The Morgan fingerprint density at radius 2 is 1.55 bits per heavy atom. The fraction of sp³-hybridized carbons (Fsp3) is 0.579. The highest BCUT2D eigenvalue weighted by Crippen LogP contribution is 2.57. The number of rotatable bonds is 2. The average Bonchev–Trinajstić information content (AvgIpc) is 2.98. The summed E-state index contributed by atoms with van der Waals surface area (Å²) in [5.74, 6) is 2.48. The van der Waals surface area contributed by atoms with E-state index in [9.17, 15) is 0 Å². The van der Waals surface area contributed by atoms with Crippen LogP contribution in [0, 0.1) is 11.8 Å². The lowest BCUT2D eigenvalue weighted by atomic mass is 9.87. The third-order valence-electron chi connectivity index (χ3n) is 6.24. The zero-order chi connectivity index (χ0) is 14.5. The van der Waals surface area contributed by atoms with Crippen LogP contribution in [0.5, 0.6) is 0 Å². The first-order valence-electron chi connectivity index (χ1n) is 8.08. The van der Waals surface area contributed by atoms with Crippen molar-refractivity contribution in [3.63, 3.8) is 0 Å². The molecule has 0 spiro atoms. The maximum absolute atomic E-state index is 2.68. The molecule has 1 fully saturated rings. The second kappa shape index (κ2) is 4.59. The van der Waals surface area contributed by atoms with Crippen LogP contribution in [-0.4, -0.2) is 8.07 Å². The lowest BCUT2D eigenvalue weighted by molar-refractivity contribution is 0.565. The zero-order valence-electron chi connectivity index (χ0n) is 13.6. The molecule has 2 aliphatic rings. The Kier molecular flexibility index (Phi) is 3.24. The molecule has 20 heavy (non-hydrogen) atoms. The van der Waals surface area contributed by atoms with E-state index in [0.717, 1.165) is 17.8 Å². The van der Waals surface area contributed by atoms with Gasteiger partial charge in [-0.3, -0.25) is 0 Å². The van der Waals surface area contributed by atoms with Crippen molar-refractivity contribution in [3.05, 3.63) is 47.2 Å². The quantitative estimate of drug-likeness (QED) is 0.603. The Bertz CT molecular complexity index is 518. The van der Waals surface area contributed by atoms with Crippen LogP contribution in [0.1, 0.15) is 45.1 Å². The highest BCUT2D eigenvalue weighted by molar-refractivity contribution is 6.87. The van der Waals surface area contributed by atoms with Gasteiger partial charge in [-0.25, -0.2) is 0 Å². The molecule has 0 N–H and O–H groups in total. The van der Waals surface area contributed by atoms with E-state index in [0.29, 0.717) is 5.04 Å². The average molecular weight is 285 g/mol. The molecule has 2 aliphatic carbocycles. The molecule has 0 heterocycles. The van der Waals surface area contributed by atoms with Gasteiger partial charge in [-0.05, 0) is 41.2 Å². The monoisotopic (exact) mass is 284 g/mol. The second-order valence-corrected chi connectivity index (χ2v) is 13.7. The summed E-state index contributed by atoms with van der Waals surface area (Å²) in [6, 6.07) is 11.2. The lowest BCUT2D eigenvalue weighted by Crippen LogP contribution is -2.42. The maximum atomic E-state index is 2.68. The lowest BCUT2D eigenvalue weighted by Gasteiger charge is -2.42. The predicted molar refractivity (Wildman–Crippen MR) is 90.7 cm³/mol. The van der Waals surface area contributed by atoms with Gasteiger partial charge in [0.25, 0.3) is 0 Å². The van der Waals surface area contributed by atoms with E-state index in [2.05, 4.69) is 70.3 Å². The van der Waals surface area contributed by atoms with E-state index in [1.807, 2.05) is 5.20 Å². The molecule has 3 rings (SSSR count). The van der Waals surface area contributed by atoms with Crippen molar-refractivity contribution >= 4 is 8.07 Å². The van der Waals surface area contributed by atoms with Crippen molar-refractivity contribution in [3.8, 4) is 0 Å². The van der Waals surface area contributed by atoms with Gasteiger partial charge in [-0.2, -0.15) is 0 Å². The van der Waals surface area contributed by atoms with Gasteiger partial charge in [-0.1, -0.05) is 75.5 Å². The Morgan fingerprint density at radius 1 is 0.950 bits per heavy atom. The molecule has 0 amide bonds. The van der Waals surface area contributed by atoms with Crippen LogP contribution in [-0.2, 0) is 0 Å². The smallest absolute Gasteiger partial charge is 0.0807 e. The third-order valence-corrected chi connectivity index (χ3v) is 12.0. The molecule has 1 aromatic rings. The molecule has 0 nitrogen and oxygen atoms in total. The van der Waals surface area contributed by atoms with Crippen LogP contribution < -0.4 is 0 Å². The minimum atomic E-state index is -1.34. The summed E-state index contributed by atoms with van der Waals surface area (Å²) in [5, 5.41) is 2.33. The molecule has 0 unspecified atom stereocenters. The van der Waals surface area contributed by atoms with E-state index in [-0.39, 0.29) is 0 Å². The molecule has 0 aromatic heterocycles. The molecule has 1 aromatic carbocycles. The number of fused-ring (bicyclic) bond motifs is 2. The summed E-state index contributed by atoms with van der Waals surface area (Å²) >= 11 is 0. The molecule has 2 bridgehead atoms. The Morgan fingerprint density at radius 3 is 2.10 bits per heavy atom. The standard InChI is InChI=1S/C19H28Si/c1-19(2,3)20(4,5)18-13-14-11-16(17(18)12-14)15-9-7-6-8-10-15/h6-10,13-14,16-17H,11-12H2,1-5H3/t14-,16+,17-/m1/s1. The van der Waals surface area contributed by atoms with Crippen LogP contribution >= 0.6 is 0 Å². The van der Waals surface area contributed by atoms with Crippen molar-refractivity contribution in [2.45, 2.75) is 57.7 Å². The Hall–Kier alpha value is -0.823. The van der Waals surface area contributed by atoms with Gasteiger partial charge < -0.3 is 0 Å². The highest BCUT2D eigenvalue weighted by Gasteiger charge is 2.49. The van der Waals surface area contributed by atoms with Gasteiger partial charge in [0.1, 0.15) is 0 Å². The van der Waals surface area contributed by atoms with Crippen LogP contribution in [0.3, 0.4) is 0 Å². The molecule has 0 aliphatic heterocycles. The predicted octanol–water partition coefficient (Wildman–Crippen LogP) is 5.78. The van der Waals surface area contributed by atoms with Gasteiger partial charge >= 0.3 is 0 Å². The first-order valence-corrected chi connectivity index (χ1v) is 11.1. The molecule has 3 atom stereocenters. The fourth-order valence-corrected chi connectivity index (χ4v) is 6.87. The summed E-state index contributed by atoms with van der Waals surface area (Å²) in [7, 11) is -1.34. The van der Waals surface area contributed by atoms with Crippen LogP contribution in [0.25, 0.3) is 0 Å². The SMILES string of the molecule is CC(C)(C)[Si](C)(C)C1=C[C@H]2C[C@@H]1[C@H](c1ccccc1)C2. The third kappa shape index (κ3) is 2.11. The van der Waals surface area contributed by atoms with Crippen molar-refractivity contribution < 1.29 is 0 Å². The first-order chi connectivity index (χ1) is 9.30. The fourth-order valence-electron chi connectivity index (χ4n) is 4.11. The molecule has 1 saturated carbocycles. The summed E-state index contributed by atoms with van der Waals surface area (Å²) in [6.45, 7) is 12.5. The largest absolute Gasteiger partial charge is 0.0857 e. The zero-order valence-corrected chi connectivity index (χ0v) is 14.6. The summed E-state index contributed by atoms with van der Waals surface area (Å²) in [5.41, 5.74) is 1.57. The van der Waals surface area contributed by atoms with Crippen molar-refractivity contribution in [1.29, 1.82) is 0 Å². The Balaban J connectivity index is 1.92. The molecule has 0 saturated heterocycles.